The van der Waals surface area contributed by atoms with Crippen LogP contribution in [0.3, 0.4) is 0 Å². The van der Waals surface area contributed by atoms with E-state index in [0.29, 0.717) is 0 Å². The summed E-state index contributed by atoms with van der Waals surface area (Å²) < 4.78 is 13.9. The number of nitrogens with zero attached hydrogens (tertiary/aromatic N) is 2. The highest BCUT2D eigenvalue weighted by Gasteiger charge is 2.26. The Morgan fingerprint density at radius 2 is 1.96 bits per heavy atom. The molecular formula is C20H26N2O3S. The number of benzene rings is 1. The second kappa shape index (κ2) is 7.43. The van der Waals surface area contributed by atoms with Crippen LogP contribution < -0.4 is 14.3 Å². The van der Waals surface area contributed by atoms with E-state index in [0.717, 1.165) is 45.3 Å². The minimum Gasteiger partial charge on any atom is -0.454 e. The second-order valence-corrected chi connectivity index (χ2v) is 8.44. The fourth-order valence-corrected chi connectivity index (χ4v) is 5.03. The molecule has 4 rings (SSSR count). The van der Waals surface area contributed by atoms with Crippen molar-refractivity contribution >= 4 is 27.5 Å². The number of hydrogen-bond donors (Lipinski definition) is 0. The molecule has 140 valence electrons. The summed E-state index contributed by atoms with van der Waals surface area (Å²) in [5.41, 5.74) is 1.02. The molecule has 1 aliphatic carbocycles. The van der Waals surface area contributed by atoms with Gasteiger partial charge in [0, 0.05) is 25.1 Å². The van der Waals surface area contributed by atoms with E-state index >= 15 is 0 Å². The van der Waals surface area contributed by atoms with E-state index in [1.165, 1.54) is 43.4 Å². The molecule has 1 saturated carbocycles. The second-order valence-electron chi connectivity index (χ2n) is 7.43. The van der Waals surface area contributed by atoms with Crippen molar-refractivity contribution in [3.63, 3.8) is 0 Å². The molecule has 1 aromatic carbocycles. The van der Waals surface area contributed by atoms with Crippen LogP contribution in [0.5, 0.6) is 11.5 Å². The zero-order chi connectivity index (χ0) is 18.1. The van der Waals surface area contributed by atoms with E-state index < -0.39 is 0 Å². The van der Waals surface area contributed by atoms with Crippen LogP contribution in [-0.2, 0) is 11.8 Å². The molecule has 0 unspecified atom stereocenters. The Hall–Kier alpha value is -1.82. The minimum atomic E-state index is 0.0427. The third kappa shape index (κ3) is 3.39. The molecule has 6 heteroatoms. The van der Waals surface area contributed by atoms with Crippen LogP contribution in [0.2, 0.25) is 0 Å². The van der Waals surface area contributed by atoms with Crippen molar-refractivity contribution < 1.29 is 14.3 Å². The van der Waals surface area contributed by atoms with E-state index in [9.17, 15) is 4.79 Å². The van der Waals surface area contributed by atoms with Crippen molar-refractivity contribution in [3.05, 3.63) is 16.9 Å². The summed E-state index contributed by atoms with van der Waals surface area (Å²) in [5, 5.41) is 0. The third-order valence-corrected chi connectivity index (χ3v) is 6.77. The SMILES string of the molecule is CCCCC1CCC(C(=O)N=c2sc3cc4c(cc3n2C)OCO4)CC1. The van der Waals surface area contributed by atoms with Crippen molar-refractivity contribution in [2.75, 3.05) is 6.79 Å². The molecule has 0 radical (unpaired) electrons. The molecular weight excluding hydrogens is 348 g/mol. The maximum atomic E-state index is 12.7. The number of amides is 1. The number of aryl methyl sites for hydroxylation is 1. The van der Waals surface area contributed by atoms with Gasteiger partial charge in [0.1, 0.15) is 0 Å². The first-order valence-electron chi connectivity index (χ1n) is 9.63. The highest BCUT2D eigenvalue weighted by atomic mass is 32.1. The summed E-state index contributed by atoms with van der Waals surface area (Å²) >= 11 is 1.53. The highest BCUT2D eigenvalue weighted by molar-refractivity contribution is 7.16. The quantitative estimate of drug-likeness (QED) is 0.797. The van der Waals surface area contributed by atoms with E-state index in [1.54, 1.807) is 0 Å². The summed E-state index contributed by atoms with van der Waals surface area (Å²) in [6.45, 7) is 2.51. The summed E-state index contributed by atoms with van der Waals surface area (Å²) in [7, 11) is 1.95. The zero-order valence-corrected chi connectivity index (χ0v) is 16.3. The van der Waals surface area contributed by atoms with Gasteiger partial charge >= 0.3 is 0 Å². The van der Waals surface area contributed by atoms with Gasteiger partial charge in [-0.05, 0) is 31.6 Å². The number of rotatable bonds is 4. The average molecular weight is 375 g/mol. The molecule has 0 spiro atoms. The number of hydrogen-bond acceptors (Lipinski definition) is 4. The smallest absolute Gasteiger partial charge is 0.251 e. The lowest BCUT2D eigenvalue weighted by molar-refractivity contribution is -0.123. The van der Waals surface area contributed by atoms with Crippen molar-refractivity contribution in [2.24, 2.45) is 23.9 Å². The van der Waals surface area contributed by atoms with Crippen LogP contribution in [-0.4, -0.2) is 17.3 Å². The van der Waals surface area contributed by atoms with Gasteiger partial charge in [-0.15, -0.1) is 0 Å². The fraction of sp³-hybridized carbons (Fsp3) is 0.600. The molecule has 0 bridgehead atoms. The van der Waals surface area contributed by atoms with Gasteiger partial charge in [0.25, 0.3) is 5.91 Å². The first-order chi connectivity index (χ1) is 12.7. The van der Waals surface area contributed by atoms with Gasteiger partial charge in [0.05, 0.1) is 10.2 Å². The Kier molecular flexibility index (Phi) is 5.02. The molecule has 2 heterocycles. The lowest BCUT2D eigenvalue weighted by Gasteiger charge is -2.26. The van der Waals surface area contributed by atoms with Crippen LogP contribution in [0.1, 0.15) is 51.9 Å². The Morgan fingerprint density at radius 3 is 2.69 bits per heavy atom. The average Bonchev–Trinajstić information content (AvgIpc) is 3.23. The number of unbranched alkanes of at least 4 members (excludes halogenated alkanes) is 1. The first kappa shape index (κ1) is 17.6. The molecule has 1 aliphatic heterocycles. The van der Waals surface area contributed by atoms with Crippen molar-refractivity contribution in [2.45, 2.75) is 51.9 Å². The van der Waals surface area contributed by atoms with Crippen LogP contribution in [0.25, 0.3) is 10.2 Å². The standard InChI is InChI=1S/C20H26N2O3S/c1-3-4-5-13-6-8-14(9-7-13)19(23)21-20-22(2)15-10-16-17(25-12-24-16)11-18(15)26-20/h10-11,13-14H,3-9,12H2,1-2H3. The third-order valence-electron chi connectivity index (χ3n) is 5.67. The molecule has 0 saturated heterocycles. The van der Waals surface area contributed by atoms with Gasteiger partial charge in [0.2, 0.25) is 6.79 Å². The summed E-state index contributed by atoms with van der Waals surface area (Å²) in [4.78, 5) is 17.9. The van der Waals surface area contributed by atoms with Gasteiger partial charge in [-0.1, -0.05) is 37.5 Å². The van der Waals surface area contributed by atoms with Crippen molar-refractivity contribution in [1.82, 2.24) is 4.57 Å². The molecule has 5 nitrogen and oxygen atoms in total. The van der Waals surface area contributed by atoms with Crippen molar-refractivity contribution in [3.8, 4) is 11.5 Å². The number of ether oxygens (including phenoxy) is 2. The molecule has 0 N–H and O–H groups in total. The minimum absolute atomic E-state index is 0.0427. The number of thiazole rings is 1. The number of carbonyl (C=O) groups excluding carboxylic acids is 1. The fourth-order valence-electron chi connectivity index (χ4n) is 4.00. The first-order valence-corrected chi connectivity index (χ1v) is 10.4. The zero-order valence-electron chi connectivity index (χ0n) is 15.5. The Morgan fingerprint density at radius 1 is 1.23 bits per heavy atom. The van der Waals surface area contributed by atoms with Crippen LogP contribution >= 0.6 is 11.3 Å². The van der Waals surface area contributed by atoms with Crippen LogP contribution in [0.4, 0.5) is 0 Å². The van der Waals surface area contributed by atoms with Gasteiger partial charge in [-0.3, -0.25) is 4.79 Å². The van der Waals surface area contributed by atoms with E-state index in [1.807, 2.05) is 23.7 Å². The monoisotopic (exact) mass is 374 g/mol. The predicted molar refractivity (Wildman–Crippen MR) is 102 cm³/mol. The Labute approximate surface area is 157 Å². The molecule has 2 aliphatic rings. The number of carbonyl (C=O) groups is 1. The van der Waals surface area contributed by atoms with Crippen LogP contribution in [0.15, 0.2) is 17.1 Å². The lowest BCUT2D eigenvalue weighted by Crippen LogP contribution is -2.23. The predicted octanol–water partition coefficient (Wildman–Crippen LogP) is 4.39. The van der Waals surface area contributed by atoms with Gasteiger partial charge in [-0.2, -0.15) is 4.99 Å². The normalized spacial score (nSPS) is 22.9. The molecule has 0 atom stereocenters. The molecule has 1 fully saturated rings. The van der Waals surface area contributed by atoms with E-state index in [2.05, 4.69) is 11.9 Å². The molecule has 26 heavy (non-hydrogen) atoms. The van der Waals surface area contributed by atoms with E-state index in [4.69, 9.17) is 9.47 Å². The molecule has 1 aromatic heterocycles. The largest absolute Gasteiger partial charge is 0.454 e. The molecule has 2 aromatic rings. The topological polar surface area (TPSA) is 52.8 Å². The number of fused-ring (bicyclic) bond motifs is 2. The summed E-state index contributed by atoms with van der Waals surface area (Å²) in [5.74, 6) is 2.47. The summed E-state index contributed by atoms with van der Waals surface area (Å²) in [6.07, 6.45) is 8.20. The van der Waals surface area contributed by atoms with E-state index in [-0.39, 0.29) is 18.6 Å². The van der Waals surface area contributed by atoms with Gasteiger partial charge in [-0.25, -0.2) is 0 Å². The Bertz CT molecular complexity index is 875. The van der Waals surface area contributed by atoms with Gasteiger partial charge < -0.3 is 14.0 Å². The molecule has 1 amide bonds. The Balaban J connectivity index is 1.51. The van der Waals surface area contributed by atoms with Gasteiger partial charge in [0.15, 0.2) is 16.3 Å². The summed E-state index contributed by atoms with van der Waals surface area (Å²) in [6, 6.07) is 3.95. The number of aromatic nitrogens is 1. The van der Waals surface area contributed by atoms with Crippen molar-refractivity contribution in [1.29, 1.82) is 0 Å². The highest BCUT2D eigenvalue weighted by Crippen LogP contribution is 2.37. The van der Waals surface area contributed by atoms with Crippen LogP contribution in [0, 0.1) is 11.8 Å². The maximum absolute atomic E-state index is 12.7. The maximum Gasteiger partial charge on any atom is 0.251 e. The lowest BCUT2D eigenvalue weighted by atomic mass is 9.79.